The molecule has 0 bridgehead atoms. The highest BCUT2D eigenvalue weighted by Crippen LogP contribution is 2.24. The third kappa shape index (κ3) is 8.12. The van der Waals surface area contributed by atoms with Gasteiger partial charge in [0.05, 0.1) is 13.2 Å². The Hall–Kier alpha value is -1.42. The molecule has 2 atom stereocenters. The second-order valence-corrected chi connectivity index (χ2v) is 6.47. The van der Waals surface area contributed by atoms with Crippen molar-refractivity contribution in [2.75, 3.05) is 19.8 Å². The quantitative estimate of drug-likeness (QED) is 0.159. The highest BCUT2D eigenvalue weighted by molar-refractivity contribution is 5.75. The minimum atomic E-state index is -1.04. The third-order valence-electron chi connectivity index (χ3n) is 3.37. The molecule has 1 aliphatic heterocycles. The molecule has 1 unspecified atom stereocenters. The number of ether oxygens (including phenoxy) is 2. The molecule has 23 heavy (non-hydrogen) atoms. The second kappa shape index (κ2) is 9.02. The number of nitrogens with one attached hydrogen (secondary N) is 1. The molecule has 1 heterocycles. The van der Waals surface area contributed by atoms with Crippen LogP contribution in [0.3, 0.4) is 0 Å². The van der Waals surface area contributed by atoms with E-state index >= 15 is 0 Å². The molecule has 7 N–H and O–H groups in total. The lowest BCUT2D eigenvalue weighted by Crippen LogP contribution is -2.47. The van der Waals surface area contributed by atoms with Gasteiger partial charge in [0.25, 0.3) is 0 Å². The number of hydrogen-bond donors (Lipinski definition) is 5. The summed E-state index contributed by atoms with van der Waals surface area (Å²) in [6.07, 6.45) is -0.637. The normalized spacial score (nSPS) is 20.7. The highest BCUT2D eigenvalue weighted by Gasteiger charge is 2.30. The lowest BCUT2D eigenvalue weighted by atomic mass is 9.95. The number of hydrogen-bond acceptors (Lipinski definition) is 6. The van der Waals surface area contributed by atoms with Crippen LogP contribution >= 0.6 is 0 Å². The van der Waals surface area contributed by atoms with Crippen molar-refractivity contribution in [2.45, 2.75) is 51.7 Å². The summed E-state index contributed by atoms with van der Waals surface area (Å²) in [5.41, 5.74) is 10.4. The van der Waals surface area contributed by atoms with E-state index < -0.39 is 24.5 Å². The van der Waals surface area contributed by atoms with E-state index in [0.29, 0.717) is 32.6 Å². The van der Waals surface area contributed by atoms with Crippen LogP contribution < -0.4 is 16.8 Å². The van der Waals surface area contributed by atoms with Crippen LogP contribution in [0.5, 0.6) is 0 Å². The largest absolute Gasteiger partial charge is 0.480 e. The van der Waals surface area contributed by atoms with Gasteiger partial charge in [-0.2, -0.15) is 0 Å². The van der Waals surface area contributed by atoms with Crippen molar-refractivity contribution < 1.29 is 24.5 Å². The summed E-state index contributed by atoms with van der Waals surface area (Å²) in [5.74, 6) is -1.07. The van der Waals surface area contributed by atoms with Crippen LogP contribution in [-0.2, 0) is 14.3 Å². The van der Waals surface area contributed by atoms with Gasteiger partial charge in [0.1, 0.15) is 12.3 Å². The molecule has 0 radical (unpaired) electrons. The Morgan fingerprint density at radius 1 is 1.39 bits per heavy atom. The first kappa shape index (κ1) is 19.6. The maximum atomic E-state index is 11.2. The maximum absolute atomic E-state index is 11.2. The summed E-state index contributed by atoms with van der Waals surface area (Å²) in [7, 11) is 0. The first-order valence-electron chi connectivity index (χ1n) is 7.65. The molecule has 0 saturated carbocycles. The standard InChI is InChI=1S/C14H28N4O5/c1-14(2)7-22-11(23-8-14)6-10(19)18-9(12(20)21)4-3-5-17-13(15)16/h9-11,18-19H,3-8H2,1-2H3,(H,20,21)(H4,15,16,17)/t9-,10?/m0/s1. The maximum Gasteiger partial charge on any atom is 0.320 e. The van der Waals surface area contributed by atoms with Crippen molar-refractivity contribution in [2.24, 2.45) is 21.9 Å². The number of carboxylic acids is 1. The molecule has 1 fully saturated rings. The van der Waals surface area contributed by atoms with Crippen LogP contribution in [0.25, 0.3) is 0 Å². The number of aliphatic hydroxyl groups excluding tert-OH is 1. The average molecular weight is 332 g/mol. The van der Waals surface area contributed by atoms with E-state index in [0.717, 1.165) is 0 Å². The molecule has 1 rings (SSSR count). The van der Waals surface area contributed by atoms with Crippen molar-refractivity contribution in [1.29, 1.82) is 0 Å². The number of nitrogens with zero attached hydrogens (tertiary/aromatic N) is 1. The topological polar surface area (TPSA) is 152 Å². The van der Waals surface area contributed by atoms with Crippen LogP contribution in [0.2, 0.25) is 0 Å². The molecule has 0 spiro atoms. The zero-order valence-corrected chi connectivity index (χ0v) is 13.7. The summed E-state index contributed by atoms with van der Waals surface area (Å²) in [5, 5.41) is 21.8. The van der Waals surface area contributed by atoms with Gasteiger partial charge in [-0.05, 0) is 12.8 Å². The predicted octanol–water partition coefficient (Wildman–Crippen LogP) is -0.810. The molecule has 0 aromatic rings. The Kier molecular flexibility index (Phi) is 7.69. The minimum Gasteiger partial charge on any atom is -0.480 e. The van der Waals surface area contributed by atoms with Crippen LogP contribution in [0.15, 0.2) is 4.99 Å². The van der Waals surface area contributed by atoms with Crippen molar-refractivity contribution in [3.8, 4) is 0 Å². The fraction of sp³-hybridized carbons (Fsp3) is 0.857. The van der Waals surface area contributed by atoms with E-state index in [1.807, 2.05) is 13.8 Å². The molecule has 1 saturated heterocycles. The Balaban J connectivity index is 2.35. The van der Waals surface area contributed by atoms with E-state index in [4.69, 9.17) is 20.9 Å². The van der Waals surface area contributed by atoms with Crippen LogP contribution in [0, 0.1) is 5.41 Å². The number of nitrogens with two attached hydrogens (primary N) is 2. The zero-order chi connectivity index (χ0) is 17.5. The lowest BCUT2D eigenvalue weighted by molar-refractivity contribution is -0.232. The van der Waals surface area contributed by atoms with E-state index in [-0.39, 0.29) is 17.8 Å². The number of aliphatic imine (C=N–C) groups is 1. The first-order valence-corrected chi connectivity index (χ1v) is 7.65. The van der Waals surface area contributed by atoms with Gasteiger partial charge in [-0.3, -0.25) is 15.1 Å². The number of rotatable bonds is 9. The average Bonchev–Trinajstić information content (AvgIpc) is 2.44. The van der Waals surface area contributed by atoms with Gasteiger partial charge < -0.3 is 31.2 Å². The van der Waals surface area contributed by atoms with Gasteiger partial charge in [-0.1, -0.05) is 13.8 Å². The summed E-state index contributed by atoms with van der Waals surface area (Å²) in [6.45, 7) is 5.45. The fourth-order valence-electron chi connectivity index (χ4n) is 2.13. The van der Waals surface area contributed by atoms with Crippen LogP contribution in [-0.4, -0.2) is 60.5 Å². The zero-order valence-electron chi connectivity index (χ0n) is 13.7. The Labute approximate surface area is 136 Å². The van der Waals surface area contributed by atoms with Crippen molar-refractivity contribution in [1.82, 2.24) is 5.32 Å². The summed E-state index contributed by atoms with van der Waals surface area (Å²) in [4.78, 5) is 15.0. The Morgan fingerprint density at radius 3 is 2.52 bits per heavy atom. The molecule has 9 nitrogen and oxygen atoms in total. The lowest BCUT2D eigenvalue weighted by Gasteiger charge is -2.35. The van der Waals surface area contributed by atoms with Crippen molar-refractivity contribution in [3.05, 3.63) is 0 Å². The van der Waals surface area contributed by atoms with Crippen LogP contribution in [0.4, 0.5) is 0 Å². The van der Waals surface area contributed by atoms with Crippen molar-refractivity contribution >= 4 is 11.9 Å². The monoisotopic (exact) mass is 332 g/mol. The second-order valence-electron chi connectivity index (χ2n) is 6.47. The van der Waals surface area contributed by atoms with Gasteiger partial charge >= 0.3 is 5.97 Å². The molecular weight excluding hydrogens is 304 g/mol. The van der Waals surface area contributed by atoms with Crippen LogP contribution in [0.1, 0.15) is 33.1 Å². The third-order valence-corrected chi connectivity index (χ3v) is 3.37. The summed E-state index contributed by atoms with van der Waals surface area (Å²) in [6, 6.07) is -0.890. The van der Waals surface area contributed by atoms with Crippen molar-refractivity contribution in [3.63, 3.8) is 0 Å². The molecule has 0 amide bonds. The number of carboxylic acid groups (broad SMARTS) is 1. The molecule has 134 valence electrons. The number of guanidine groups is 1. The Morgan fingerprint density at radius 2 is 2.00 bits per heavy atom. The van der Waals surface area contributed by atoms with Gasteiger partial charge in [0.15, 0.2) is 12.2 Å². The smallest absolute Gasteiger partial charge is 0.320 e. The molecule has 0 aromatic heterocycles. The van der Waals surface area contributed by atoms with E-state index in [2.05, 4.69) is 10.3 Å². The highest BCUT2D eigenvalue weighted by atomic mass is 16.7. The number of aliphatic carboxylic acids is 1. The van der Waals surface area contributed by atoms with Gasteiger partial charge in [-0.25, -0.2) is 0 Å². The number of carbonyl (C=O) groups is 1. The molecule has 0 aromatic carbocycles. The van der Waals surface area contributed by atoms with E-state index in [9.17, 15) is 15.0 Å². The van der Waals surface area contributed by atoms with E-state index in [1.54, 1.807) is 0 Å². The molecular formula is C14H28N4O5. The van der Waals surface area contributed by atoms with E-state index in [1.165, 1.54) is 0 Å². The number of aliphatic hydroxyl groups is 1. The summed E-state index contributed by atoms with van der Waals surface area (Å²) >= 11 is 0. The van der Waals surface area contributed by atoms with Gasteiger partial charge in [0.2, 0.25) is 0 Å². The van der Waals surface area contributed by atoms with Gasteiger partial charge in [0, 0.05) is 18.4 Å². The minimum absolute atomic E-state index is 0.0283. The molecule has 0 aliphatic carbocycles. The van der Waals surface area contributed by atoms with Gasteiger partial charge in [-0.15, -0.1) is 0 Å². The fourth-order valence-corrected chi connectivity index (χ4v) is 2.13. The molecule has 1 aliphatic rings. The first-order chi connectivity index (χ1) is 10.7. The predicted molar refractivity (Wildman–Crippen MR) is 84.6 cm³/mol. The molecule has 9 heteroatoms. The Bertz CT molecular complexity index is 402. The SMILES string of the molecule is CC1(C)COC(CC(O)N[C@@H](CCCN=C(N)N)C(=O)O)OC1. The summed E-state index contributed by atoms with van der Waals surface area (Å²) < 4.78 is 11.0.